The van der Waals surface area contributed by atoms with Crippen molar-refractivity contribution in [2.24, 2.45) is 5.92 Å². The fourth-order valence-corrected chi connectivity index (χ4v) is 4.55. The van der Waals surface area contributed by atoms with E-state index >= 15 is 0 Å². The molecule has 0 saturated carbocycles. The molecule has 0 radical (unpaired) electrons. The van der Waals surface area contributed by atoms with Gasteiger partial charge in [0.1, 0.15) is 5.82 Å². The van der Waals surface area contributed by atoms with E-state index < -0.39 is 0 Å². The van der Waals surface area contributed by atoms with E-state index in [0.29, 0.717) is 24.3 Å². The van der Waals surface area contributed by atoms with E-state index in [1.807, 2.05) is 18.2 Å². The number of hydrogen-bond donors (Lipinski definition) is 2. The van der Waals surface area contributed by atoms with Crippen LogP contribution in [0.15, 0.2) is 24.3 Å². The van der Waals surface area contributed by atoms with Crippen LogP contribution in [-0.4, -0.2) is 63.1 Å². The molecule has 2 fully saturated rings. The molecule has 1 amide bonds. The summed E-state index contributed by atoms with van der Waals surface area (Å²) >= 11 is 0. The molecule has 2 aromatic rings. The minimum Gasteiger partial charge on any atom is -0.396 e. The number of carbonyl (C=O) groups excluding carboxylic acids is 1. The number of aliphatic hydroxyl groups excluding tert-OH is 1. The first-order valence-corrected chi connectivity index (χ1v) is 9.81. The summed E-state index contributed by atoms with van der Waals surface area (Å²) in [7, 11) is 0. The van der Waals surface area contributed by atoms with Crippen LogP contribution in [0.4, 0.5) is 0 Å². The molecule has 140 valence electrons. The molecule has 0 aliphatic carbocycles. The molecule has 2 saturated heterocycles. The number of piperidine rings is 2. The van der Waals surface area contributed by atoms with Gasteiger partial charge in [0.05, 0.1) is 17.6 Å². The van der Waals surface area contributed by atoms with Crippen LogP contribution in [0.2, 0.25) is 0 Å². The highest BCUT2D eigenvalue weighted by molar-refractivity contribution is 5.77. The van der Waals surface area contributed by atoms with Crippen LogP contribution in [-0.2, 0) is 11.3 Å². The van der Waals surface area contributed by atoms with E-state index in [1.165, 1.54) is 0 Å². The van der Waals surface area contributed by atoms with Crippen LogP contribution >= 0.6 is 0 Å². The number of nitrogens with zero attached hydrogens (tertiary/aromatic N) is 3. The number of amides is 1. The van der Waals surface area contributed by atoms with E-state index in [2.05, 4.69) is 20.9 Å². The number of hydrogen-bond acceptors (Lipinski definition) is 4. The molecule has 2 aliphatic rings. The topological polar surface area (TPSA) is 72.5 Å². The van der Waals surface area contributed by atoms with Gasteiger partial charge in [0.15, 0.2) is 0 Å². The molecule has 2 aliphatic heterocycles. The first kappa shape index (κ1) is 17.5. The molecule has 6 heteroatoms. The Morgan fingerprint density at radius 2 is 2.12 bits per heavy atom. The van der Waals surface area contributed by atoms with Crippen molar-refractivity contribution in [2.75, 3.05) is 26.2 Å². The Morgan fingerprint density at radius 1 is 1.23 bits per heavy atom. The van der Waals surface area contributed by atoms with Crippen LogP contribution in [0.3, 0.4) is 0 Å². The predicted molar refractivity (Wildman–Crippen MR) is 101 cm³/mol. The molecule has 4 rings (SSSR count). The summed E-state index contributed by atoms with van der Waals surface area (Å²) in [5.41, 5.74) is 2.12. The second-order valence-corrected chi connectivity index (χ2v) is 7.61. The summed E-state index contributed by atoms with van der Waals surface area (Å²) in [4.78, 5) is 25.0. The number of nitrogens with one attached hydrogen (secondary N) is 1. The second kappa shape index (κ2) is 7.76. The quantitative estimate of drug-likeness (QED) is 0.778. The van der Waals surface area contributed by atoms with Gasteiger partial charge in [0, 0.05) is 38.7 Å². The molecule has 3 heterocycles. The molecule has 0 bridgehead atoms. The SMILES string of the molecule is O=C1CC[C@H]2CN(Cc3nc4ccccc4[nH]3)CC[C@H]2N1CCCCO. The summed E-state index contributed by atoms with van der Waals surface area (Å²) in [6.07, 6.45) is 4.37. The minimum atomic E-state index is 0.210. The van der Waals surface area contributed by atoms with Crippen molar-refractivity contribution in [1.29, 1.82) is 0 Å². The van der Waals surface area contributed by atoms with Crippen LogP contribution in [0, 0.1) is 5.92 Å². The zero-order valence-corrected chi connectivity index (χ0v) is 15.2. The highest BCUT2D eigenvalue weighted by atomic mass is 16.3. The van der Waals surface area contributed by atoms with E-state index in [9.17, 15) is 4.79 Å². The van der Waals surface area contributed by atoms with Crippen molar-refractivity contribution in [2.45, 2.75) is 44.7 Å². The average molecular weight is 356 g/mol. The maximum Gasteiger partial charge on any atom is 0.222 e. The van der Waals surface area contributed by atoms with Crippen molar-refractivity contribution < 1.29 is 9.90 Å². The third-order valence-corrected chi connectivity index (χ3v) is 5.85. The number of H-pyrrole nitrogens is 1. The lowest BCUT2D eigenvalue weighted by Gasteiger charge is -2.47. The molecule has 2 atom stereocenters. The maximum absolute atomic E-state index is 12.4. The summed E-state index contributed by atoms with van der Waals surface area (Å²) in [6.45, 7) is 3.88. The van der Waals surface area contributed by atoms with Gasteiger partial charge in [-0.1, -0.05) is 12.1 Å². The lowest BCUT2D eigenvalue weighted by molar-refractivity contribution is -0.141. The van der Waals surface area contributed by atoms with Gasteiger partial charge in [-0.2, -0.15) is 0 Å². The summed E-state index contributed by atoms with van der Waals surface area (Å²) < 4.78 is 0. The summed E-state index contributed by atoms with van der Waals surface area (Å²) in [6, 6.07) is 8.53. The van der Waals surface area contributed by atoms with Gasteiger partial charge in [0.2, 0.25) is 5.91 Å². The van der Waals surface area contributed by atoms with Gasteiger partial charge in [0.25, 0.3) is 0 Å². The number of likely N-dealkylation sites (tertiary alicyclic amines) is 2. The van der Waals surface area contributed by atoms with Gasteiger partial charge in [-0.15, -0.1) is 0 Å². The van der Waals surface area contributed by atoms with E-state index in [4.69, 9.17) is 10.1 Å². The third-order valence-electron chi connectivity index (χ3n) is 5.85. The Balaban J connectivity index is 1.38. The van der Waals surface area contributed by atoms with Gasteiger partial charge in [-0.05, 0) is 43.7 Å². The summed E-state index contributed by atoms with van der Waals surface area (Å²) in [5, 5.41) is 9.00. The first-order chi connectivity index (χ1) is 12.7. The number of aromatic amines is 1. The van der Waals surface area contributed by atoms with Crippen molar-refractivity contribution in [3.63, 3.8) is 0 Å². The highest BCUT2D eigenvalue weighted by Gasteiger charge is 2.38. The molecule has 2 N–H and O–H groups in total. The van der Waals surface area contributed by atoms with Gasteiger partial charge in [-0.3, -0.25) is 9.69 Å². The highest BCUT2D eigenvalue weighted by Crippen LogP contribution is 2.32. The molecular formula is C20H28N4O2. The smallest absolute Gasteiger partial charge is 0.222 e. The Hall–Kier alpha value is -1.92. The van der Waals surface area contributed by atoms with E-state index in [0.717, 1.165) is 68.7 Å². The third kappa shape index (κ3) is 3.62. The Kier molecular flexibility index (Phi) is 5.22. The second-order valence-electron chi connectivity index (χ2n) is 7.61. The van der Waals surface area contributed by atoms with Crippen molar-refractivity contribution in [3.8, 4) is 0 Å². The number of benzene rings is 1. The van der Waals surface area contributed by atoms with E-state index in [-0.39, 0.29) is 6.61 Å². The van der Waals surface area contributed by atoms with Crippen LogP contribution < -0.4 is 0 Å². The van der Waals surface area contributed by atoms with Crippen LogP contribution in [0.5, 0.6) is 0 Å². The zero-order chi connectivity index (χ0) is 17.9. The number of para-hydroxylation sites is 2. The number of fused-ring (bicyclic) bond motifs is 2. The van der Waals surface area contributed by atoms with Crippen LogP contribution in [0.25, 0.3) is 11.0 Å². The van der Waals surface area contributed by atoms with Crippen molar-refractivity contribution in [1.82, 2.24) is 19.8 Å². The van der Waals surface area contributed by atoms with E-state index in [1.54, 1.807) is 0 Å². The zero-order valence-electron chi connectivity index (χ0n) is 15.2. The molecule has 1 aromatic carbocycles. The molecule has 0 spiro atoms. The molecule has 0 unspecified atom stereocenters. The first-order valence-electron chi connectivity index (χ1n) is 9.81. The van der Waals surface area contributed by atoms with Crippen LogP contribution in [0.1, 0.15) is 37.9 Å². The number of unbranched alkanes of at least 4 members (excludes halogenated alkanes) is 1. The number of aliphatic hydroxyl groups is 1. The number of carbonyl (C=O) groups is 1. The normalized spacial score (nSPS) is 24.2. The summed E-state index contributed by atoms with van der Waals surface area (Å²) in [5.74, 6) is 1.88. The standard InChI is InChI=1S/C20H28N4O2/c25-12-4-3-10-24-18-9-11-23(13-15(18)7-8-20(24)26)14-19-21-16-5-1-2-6-17(16)22-19/h1-2,5-6,15,18,25H,3-4,7-14H2,(H,21,22)/t15-,18+/m0/s1. The Labute approximate surface area is 154 Å². The van der Waals surface area contributed by atoms with Gasteiger partial charge < -0.3 is 15.0 Å². The van der Waals surface area contributed by atoms with Crippen molar-refractivity contribution in [3.05, 3.63) is 30.1 Å². The number of imidazole rings is 1. The maximum atomic E-state index is 12.4. The number of rotatable bonds is 6. The Bertz CT molecular complexity index is 726. The van der Waals surface area contributed by atoms with Gasteiger partial charge in [-0.25, -0.2) is 4.98 Å². The average Bonchev–Trinajstić information content (AvgIpc) is 3.06. The minimum absolute atomic E-state index is 0.210. The molecular weight excluding hydrogens is 328 g/mol. The Morgan fingerprint density at radius 3 is 2.96 bits per heavy atom. The van der Waals surface area contributed by atoms with Crippen molar-refractivity contribution >= 4 is 16.9 Å². The lowest BCUT2D eigenvalue weighted by Crippen LogP contribution is -2.56. The lowest BCUT2D eigenvalue weighted by atomic mass is 9.83. The molecule has 26 heavy (non-hydrogen) atoms. The predicted octanol–water partition coefficient (Wildman–Crippen LogP) is 2.15. The fraction of sp³-hybridized carbons (Fsp3) is 0.600. The number of aromatic nitrogens is 2. The van der Waals surface area contributed by atoms with Gasteiger partial charge >= 0.3 is 0 Å². The molecule has 6 nitrogen and oxygen atoms in total. The largest absolute Gasteiger partial charge is 0.396 e. The fourth-order valence-electron chi connectivity index (χ4n) is 4.55. The monoisotopic (exact) mass is 356 g/mol. The molecule has 1 aromatic heterocycles.